The molecule has 0 spiro atoms. The van der Waals surface area contributed by atoms with E-state index in [1.54, 1.807) is 10.6 Å². The first-order valence-electron chi connectivity index (χ1n) is 9.99. The third-order valence-corrected chi connectivity index (χ3v) is 7.79. The highest BCUT2D eigenvalue weighted by molar-refractivity contribution is 7.93. The predicted octanol–water partition coefficient (Wildman–Crippen LogP) is 3.73. The summed E-state index contributed by atoms with van der Waals surface area (Å²) in [4.78, 5) is 16.6. The van der Waals surface area contributed by atoms with E-state index in [9.17, 15) is 13.2 Å². The molecular formula is C21H20N4O4S2. The molecule has 5 rings (SSSR count). The fourth-order valence-corrected chi connectivity index (χ4v) is 5.96. The molecule has 2 aromatic heterocycles. The van der Waals surface area contributed by atoms with Crippen molar-refractivity contribution in [1.29, 1.82) is 0 Å². The Hall–Kier alpha value is -2.98. The summed E-state index contributed by atoms with van der Waals surface area (Å²) in [6.07, 6.45) is 5.65. The summed E-state index contributed by atoms with van der Waals surface area (Å²) in [7, 11) is -3.88. The van der Waals surface area contributed by atoms with Crippen molar-refractivity contribution >= 4 is 37.8 Å². The summed E-state index contributed by atoms with van der Waals surface area (Å²) >= 11 is 0.938. The molecule has 0 saturated heterocycles. The van der Waals surface area contributed by atoms with Crippen LogP contribution in [0.1, 0.15) is 42.5 Å². The summed E-state index contributed by atoms with van der Waals surface area (Å²) in [5, 5.41) is 0.168. The largest absolute Gasteiger partial charge is 0.420 e. The van der Waals surface area contributed by atoms with Gasteiger partial charge in [-0.2, -0.15) is 4.37 Å². The van der Waals surface area contributed by atoms with Crippen LogP contribution in [0.2, 0.25) is 0 Å². The van der Waals surface area contributed by atoms with Crippen LogP contribution in [0, 0.1) is 0 Å². The number of nitrogens with zero attached hydrogens (tertiary/aromatic N) is 3. The Kier molecular flexibility index (Phi) is 4.90. The molecule has 4 aromatic rings. The zero-order valence-corrected chi connectivity index (χ0v) is 18.4. The van der Waals surface area contributed by atoms with E-state index in [1.807, 2.05) is 13.0 Å². The minimum Gasteiger partial charge on any atom is -0.408 e. The highest BCUT2D eigenvalue weighted by Crippen LogP contribution is 2.31. The van der Waals surface area contributed by atoms with Gasteiger partial charge in [-0.15, -0.1) is 0 Å². The first-order chi connectivity index (χ1) is 14.9. The van der Waals surface area contributed by atoms with Gasteiger partial charge in [-0.3, -0.25) is 9.29 Å². The van der Waals surface area contributed by atoms with E-state index in [0.29, 0.717) is 5.52 Å². The Bertz CT molecular complexity index is 1420. The van der Waals surface area contributed by atoms with E-state index in [2.05, 4.69) is 26.2 Å². The van der Waals surface area contributed by atoms with E-state index >= 15 is 0 Å². The van der Waals surface area contributed by atoms with E-state index in [4.69, 9.17) is 4.42 Å². The Labute approximate surface area is 182 Å². The molecule has 1 aliphatic rings. The smallest absolute Gasteiger partial charge is 0.408 e. The standard InChI is InChI=1S/C21H20N4O4S2/c1-13(16-8-4-6-14-5-2-3-7-17(14)16)25-18-10-9-15(11-19(18)29-21(25)26)31(27,28)24-20-22-12-23-30-20/h4,6,8-13H,2-3,5,7H2,1H3,(H,22,23,24). The summed E-state index contributed by atoms with van der Waals surface area (Å²) in [5.41, 5.74) is 4.54. The lowest BCUT2D eigenvalue weighted by molar-refractivity contribution is 0.487. The second kappa shape index (κ2) is 7.61. The molecule has 0 bridgehead atoms. The number of nitrogens with one attached hydrogen (secondary N) is 1. The van der Waals surface area contributed by atoms with E-state index in [0.717, 1.165) is 36.4 Å². The van der Waals surface area contributed by atoms with E-state index < -0.39 is 15.8 Å². The average molecular weight is 457 g/mol. The van der Waals surface area contributed by atoms with Gasteiger partial charge in [-0.1, -0.05) is 18.2 Å². The molecule has 10 heteroatoms. The van der Waals surface area contributed by atoms with Crippen molar-refractivity contribution in [3.05, 3.63) is 70.0 Å². The topological polar surface area (TPSA) is 107 Å². The number of benzene rings is 2. The van der Waals surface area contributed by atoms with Gasteiger partial charge in [0.1, 0.15) is 6.33 Å². The molecule has 2 aromatic carbocycles. The van der Waals surface area contributed by atoms with E-state index in [-0.39, 0.29) is 21.7 Å². The van der Waals surface area contributed by atoms with E-state index in [1.165, 1.54) is 36.0 Å². The quantitative estimate of drug-likeness (QED) is 0.490. The number of hydrogen-bond donors (Lipinski definition) is 1. The molecule has 1 atom stereocenters. The van der Waals surface area contributed by atoms with Crippen molar-refractivity contribution in [2.45, 2.75) is 43.5 Å². The predicted molar refractivity (Wildman–Crippen MR) is 118 cm³/mol. The van der Waals surface area contributed by atoms with Gasteiger partial charge in [0.2, 0.25) is 5.13 Å². The number of rotatable bonds is 5. The van der Waals surface area contributed by atoms with Crippen molar-refractivity contribution < 1.29 is 12.8 Å². The minimum atomic E-state index is -3.88. The fraction of sp³-hybridized carbons (Fsp3) is 0.286. The Morgan fingerprint density at radius 2 is 2.03 bits per heavy atom. The molecule has 1 unspecified atom stereocenters. The lowest BCUT2D eigenvalue weighted by Crippen LogP contribution is -2.21. The molecule has 0 aliphatic heterocycles. The van der Waals surface area contributed by atoms with Crippen molar-refractivity contribution in [1.82, 2.24) is 13.9 Å². The molecular weight excluding hydrogens is 436 g/mol. The second-order valence-electron chi connectivity index (χ2n) is 7.59. The molecule has 0 saturated carbocycles. The highest BCUT2D eigenvalue weighted by Gasteiger charge is 2.23. The molecule has 1 aliphatic carbocycles. The lowest BCUT2D eigenvalue weighted by Gasteiger charge is -2.23. The van der Waals surface area contributed by atoms with Crippen LogP contribution < -0.4 is 10.5 Å². The molecule has 2 heterocycles. The van der Waals surface area contributed by atoms with Crippen LogP contribution in [0.5, 0.6) is 0 Å². The Morgan fingerprint density at radius 1 is 1.19 bits per heavy atom. The number of hydrogen-bond acceptors (Lipinski definition) is 7. The van der Waals surface area contributed by atoms with Gasteiger partial charge in [0, 0.05) is 17.6 Å². The van der Waals surface area contributed by atoms with Gasteiger partial charge in [0.15, 0.2) is 5.58 Å². The summed E-state index contributed by atoms with van der Waals surface area (Å²) in [6, 6.07) is 10.5. The average Bonchev–Trinajstić information content (AvgIpc) is 3.38. The van der Waals surface area contributed by atoms with Gasteiger partial charge < -0.3 is 4.42 Å². The van der Waals surface area contributed by atoms with Crippen molar-refractivity contribution in [3.8, 4) is 0 Å². The normalized spacial score (nSPS) is 15.0. The number of fused-ring (bicyclic) bond motifs is 2. The van der Waals surface area contributed by atoms with Crippen LogP contribution in [-0.4, -0.2) is 22.3 Å². The van der Waals surface area contributed by atoms with Gasteiger partial charge in [0.05, 0.1) is 16.5 Å². The molecule has 0 fully saturated rings. The van der Waals surface area contributed by atoms with Crippen LogP contribution in [0.3, 0.4) is 0 Å². The third kappa shape index (κ3) is 3.55. The summed E-state index contributed by atoms with van der Waals surface area (Å²) in [6.45, 7) is 1.97. The van der Waals surface area contributed by atoms with Gasteiger partial charge >= 0.3 is 5.76 Å². The molecule has 31 heavy (non-hydrogen) atoms. The van der Waals surface area contributed by atoms with Crippen LogP contribution in [0.4, 0.5) is 5.13 Å². The summed E-state index contributed by atoms with van der Waals surface area (Å²) in [5.74, 6) is -0.512. The van der Waals surface area contributed by atoms with Crippen LogP contribution >= 0.6 is 11.5 Å². The van der Waals surface area contributed by atoms with Crippen molar-refractivity contribution in [2.75, 3.05) is 4.72 Å². The lowest BCUT2D eigenvalue weighted by atomic mass is 9.86. The van der Waals surface area contributed by atoms with Gasteiger partial charge in [-0.05, 0) is 61.4 Å². The maximum Gasteiger partial charge on any atom is 0.420 e. The molecule has 160 valence electrons. The maximum absolute atomic E-state index is 12.8. The fourth-order valence-electron chi connectivity index (χ4n) is 4.28. The monoisotopic (exact) mass is 456 g/mol. The third-order valence-electron chi connectivity index (χ3n) is 5.75. The van der Waals surface area contributed by atoms with Gasteiger partial charge in [0.25, 0.3) is 10.0 Å². The Morgan fingerprint density at radius 3 is 2.84 bits per heavy atom. The molecule has 0 radical (unpaired) electrons. The molecule has 1 N–H and O–H groups in total. The zero-order chi connectivity index (χ0) is 21.6. The first kappa shape index (κ1) is 20.0. The van der Waals surface area contributed by atoms with Crippen LogP contribution in [0.25, 0.3) is 11.1 Å². The summed E-state index contributed by atoms with van der Waals surface area (Å²) < 4.78 is 38.5. The minimum absolute atomic E-state index is 0.0131. The number of anilines is 1. The van der Waals surface area contributed by atoms with Crippen molar-refractivity contribution in [3.63, 3.8) is 0 Å². The molecule has 8 nitrogen and oxygen atoms in total. The first-order valence-corrected chi connectivity index (χ1v) is 12.2. The van der Waals surface area contributed by atoms with Crippen LogP contribution in [0.15, 0.2) is 56.8 Å². The SMILES string of the molecule is CC(c1cccc2c1CCCC2)n1c(=O)oc2cc(S(=O)(=O)Nc3ncns3)ccc21. The number of sulfonamides is 1. The molecule has 0 amide bonds. The number of aromatic nitrogens is 3. The van der Waals surface area contributed by atoms with Gasteiger partial charge in [-0.25, -0.2) is 18.2 Å². The van der Waals surface area contributed by atoms with Crippen molar-refractivity contribution in [2.24, 2.45) is 0 Å². The second-order valence-corrected chi connectivity index (χ2v) is 10.0. The number of aryl methyl sites for hydroxylation is 1. The van der Waals surface area contributed by atoms with Crippen LogP contribution in [-0.2, 0) is 22.9 Å². The highest BCUT2D eigenvalue weighted by atomic mass is 32.2. The maximum atomic E-state index is 12.8. The zero-order valence-electron chi connectivity index (χ0n) is 16.7. The number of oxazole rings is 1. The Balaban J connectivity index is 1.56.